The molecule has 5 unspecified atom stereocenters. The van der Waals surface area contributed by atoms with E-state index in [1.807, 2.05) is 0 Å². The average molecular weight is 786 g/mol. The van der Waals surface area contributed by atoms with Crippen LogP contribution in [0.4, 0.5) is 26.3 Å². The minimum absolute atomic E-state index is 0.0463. The van der Waals surface area contributed by atoms with Crippen molar-refractivity contribution in [3.8, 4) is 0 Å². The van der Waals surface area contributed by atoms with E-state index in [0.29, 0.717) is 18.4 Å². The SMILES string of the molecule is CC(C)CCC[C@@H](C)[C@H]1CCC2C3CC=C4CC(OC(=O)CCNC(=O)C(N)CCN)CC[C@]4(C)C3CC[C@@]21C.O=C(O)C(F)(F)F.O=C(O)C(F)(F)F. The Labute approximate surface area is 314 Å². The van der Waals surface area contributed by atoms with Gasteiger partial charge in [-0.3, -0.25) is 9.59 Å². The standard InChI is InChI=1S/C34H59N3O3.2C2HF3O2/c1-22(2)7-6-8-23(3)27-11-12-28-26-10-9-24-21-25(13-17-33(24,4)29(26)14-18-34(27,28)5)40-31(38)16-20-37-32(39)30(36)15-19-35;2*3-2(4,5)1(6)7/h9,22-23,25-30H,6-8,10-21,35-36H2,1-5H3,(H,37,39);2*(H,6,7)/t23-,25?,26?,27-,28?,29?,30?,33+,34-;;/m1../s1. The number of nitrogens with two attached hydrogens (primary N) is 2. The highest BCUT2D eigenvalue weighted by molar-refractivity contribution is 5.82. The number of hydrogen-bond donors (Lipinski definition) is 5. The molecule has 312 valence electrons. The number of allylic oxidation sites excluding steroid dienone is 1. The van der Waals surface area contributed by atoms with Gasteiger partial charge in [0.15, 0.2) is 0 Å². The summed E-state index contributed by atoms with van der Waals surface area (Å²) < 4.78 is 69.4. The van der Waals surface area contributed by atoms with Crippen LogP contribution in [0.2, 0.25) is 0 Å². The van der Waals surface area contributed by atoms with Crippen molar-refractivity contribution >= 4 is 23.8 Å². The van der Waals surface area contributed by atoms with Crippen LogP contribution < -0.4 is 16.8 Å². The summed E-state index contributed by atoms with van der Waals surface area (Å²) >= 11 is 0. The Bertz CT molecular complexity index is 1280. The number of fused-ring (bicyclic) bond motifs is 5. The maximum atomic E-state index is 12.6. The molecule has 0 heterocycles. The van der Waals surface area contributed by atoms with Crippen LogP contribution in [-0.4, -0.2) is 71.6 Å². The van der Waals surface area contributed by atoms with E-state index >= 15 is 0 Å². The molecule has 0 radical (unpaired) electrons. The van der Waals surface area contributed by atoms with E-state index in [-0.39, 0.29) is 36.4 Å². The number of nitrogens with one attached hydrogen (secondary N) is 1. The van der Waals surface area contributed by atoms with Crippen LogP contribution in [0.3, 0.4) is 0 Å². The Morgan fingerprint density at radius 1 is 0.907 bits per heavy atom. The zero-order valence-corrected chi connectivity index (χ0v) is 32.2. The van der Waals surface area contributed by atoms with Crippen molar-refractivity contribution in [3.63, 3.8) is 0 Å². The Kier molecular flexibility index (Phi) is 17.3. The molecule has 16 heteroatoms. The summed E-state index contributed by atoms with van der Waals surface area (Å²) in [5.41, 5.74) is 13.6. The van der Waals surface area contributed by atoms with Gasteiger partial charge in [-0.2, -0.15) is 26.3 Å². The minimum atomic E-state index is -5.08. The lowest BCUT2D eigenvalue weighted by atomic mass is 9.47. The van der Waals surface area contributed by atoms with Gasteiger partial charge in [-0.25, -0.2) is 9.59 Å². The number of ether oxygens (including phenoxy) is 1. The fourth-order valence-corrected chi connectivity index (χ4v) is 9.73. The molecule has 10 nitrogen and oxygen atoms in total. The molecule has 4 aliphatic carbocycles. The molecule has 4 rings (SSSR count). The van der Waals surface area contributed by atoms with E-state index in [4.69, 9.17) is 36.0 Å². The predicted octanol–water partition coefficient (Wildman–Crippen LogP) is 7.39. The summed E-state index contributed by atoms with van der Waals surface area (Å²) in [7, 11) is 0. The fourth-order valence-electron chi connectivity index (χ4n) is 9.73. The van der Waals surface area contributed by atoms with Crippen molar-refractivity contribution < 1.29 is 60.5 Å². The maximum absolute atomic E-state index is 12.6. The van der Waals surface area contributed by atoms with Gasteiger partial charge in [-0.1, -0.05) is 65.5 Å². The van der Waals surface area contributed by atoms with Gasteiger partial charge in [0, 0.05) is 13.0 Å². The van der Waals surface area contributed by atoms with Crippen LogP contribution in [0, 0.1) is 46.3 Å². The number of aliphatic carboxylic acids is 2. The summed E-state index contributed by atoms with van der Waals surface area (Å²) in [6.45, 7) is 13.1. The number of carbonyl (C=O) groups excluding carboxylic acids is 2. The first-order chi connectivity index (χ1) is 24.9. The van der Waals surface area contributed by atoms with Gasteiger partial charge in [0.25, 0.3) is 0 Å². The molecule has 3 fully saturated rings. The van der Waals surface area contributed by atoms with Crippen molar-refractivity contribution in [2.24, 2.45) is 57.8 Å². The van der Waals surface area contributed by atoms with Crippen LogP contribution in [0.25, 0.3) is 0 Å². The monoisotopic (exact) mass is 785 g/mol. The minimum Gasteiger partial charge on any atom is -0.475 e. The predicted molar refractivity (Wildman–Crippen MR) is 190 cm³/mol. The van der Waals surface area contributed by atoms with Crippen LogP contribution in [-0.2, 0) is 23.9 Å². The third-order valence-corrected chi connectivity index (χ3v) is 12.5. The van der Waals surface area contributed by atoms with Gasteiger partial charge in [-0.05, 0) is 104 Å². The van der Waals surface area contributed by atoms with E-state index in [1.54, 1.807) is 5.57 Å². The van der Waals surface area contributed by atoms with Crippen molar-refractivity contribution in [2.75, 3.05) is 13.1 Å². The average Bonchev–Trinajstić information content (AvgIpc) is 3.42. The number of esters is 1. The highest BCUT2D eigenvalue weighted by Gasteiger charge is 2.59. The summed E-state index contributed by atoms with van der Waals surface area (Å²) in [5, 5.41) is 17.0. The molecule has 3 saturated carbocycles. The molecular formula is C38H61F6N3O7. The third-order valence-electron chi connectivity index (χ3n) is 12.5. The van der Waals surface area contributed by atoms with Gasteiger partial charge in [0.1, 0.15) is 6.10 Å². The molecule has 0 aliphatic heterocycles. The molecule has 4 aliphatic rings. The molecule has 0 spiro atoms. The summed E-state index contributed by atoms with van der Waals surface area (Å²) in [6.07, 6.45) is 6.84. The number of amides is 1. The van der Waals surface area contributed by atoms with Crippen molar-refractivity contribution in [1.82, 2.24) is 5.32 Å². The first-order valence-corrected chi connectivity index (χ1v) is 19.1. The molecule has 0 aromatic heterocycles. The van der Waals surface area contributed by atoms with Crippen LogP contribution in [0.15, 0.2) is 11.6 Å². The first kappa shape index (κ1) is 47.3. The third kappa shape index (κ3) is 12.8. The van der Waals surface area contributed by atoms with Gasteiger partial charge in [0.05, 0.1) is 12.5 Å². The molecule has 54 heavy (non-hydrogen) atoms. The second kappa shape index (κ2) is 19.8. The molecule has 9 atom stereocenters. The number of hydrogen-bond acceptors (Lipinski definition) is 7. The normalized spacial score (nSPS) is 30.0. The quantitative estimate of drug-likeness (QED) is 0.0766. The first-order valence-electron chi connectivity index (χ1n) is 19.1. The number of carboxylic acid groups (broad SMARTS) is 2. The highest BCUT2D eigenvalue weighted by Crippen LogP contribution is 2.67. The van der Waals surface area contributed by atoms with Crippen molar-refractivity contribution in [3.05, 3.63) is 11.6 Å². The lowest BCUT2D eigenvalue weighted by Gasteiger charge is -2.58. The molecule has 0 aromatic rings. The maximum Gasteiger partial charge on any atom is 0.490 e. The fraction of sp³-hybridized carbons (Fsp3) is 0.842. The van der Waals surface area contributed by atoms with E-state index in [9.17, 15) is 35.9 Å². The summed E-state index contributed by atoms with van der Waals surface area (Å²) in [5.74, 6) is -1.01. The van der Waals surface area contributed by atoms with Gasteiger partial charge < -0.3 is 31.7 Å². The molecule has 0 aromatic carbocycles. The van der Waals surface area contributed by atoms with Gasteiger partial charge in [0.2, 0.25) is 5.91 Å². The zero-order chi connectivity index (χ0) is 41.2. The molecule has 0 bridgehead atoms. The van der Waals surface area contributed by atoms with Gasteiger partial charge in [-0.15, -0.1) is 0 Å². The van der Waals surface area contributed by atoms with Gasteiger partial charge >= 0.3 is 30.3 Å². The lowest BCUT2D eigenvalue weighted by molar-refractivity contribution is -0.193. The highest BCUT2D eigenvalue weighted by atomic mass is 19.4. The molecule has 1 amide bonds. The Morgan fingerprint density at radius 3 is 2.04 bits per heavy atom. The smallest absolute Gasteiger partial charge is 0.475 e. The molecular weight excluding hydrogens is 724 g/mol. The Morgan fingerprint density at radius 2 is 1.50 bits per heavy atom. The zero-order valence-electron chi connectivity index (χ0n) is 32.2. The van der Waals surface area contributed by atoms with E-state index < -0.39 is 30.3 Å². The number of rotatable bonds is 12. The van der Waals surface area contributed by atoms with Crippen molar-refractivity contribution in [2.45, 2.75) is 143 Å². The van der Waals surface area contributed by atoms with Crippen LogP contribution >= 0.6 is 0 Å². The number of halogens is 6. The number of carboxylic acids is 2. The van der Waals surface area contributed by atoms with Crippen molar-refractivity contribution in [1.29, 1.82) is 0 Å². The largest absolute Gasteiger partial charge is 0.490 e. The number of alkyl halides is 6. The Hall–Kier alpha value is -2.88. The topological polar surface area (TPSA) is 182 Å². The second-order valence-corrected chi connectivity index (χ2v) is 16.5. The molecule has 7 N–H and O–H groups in total. The second-order valence-electron chi connectivity index (χ2n) is 16.5. The van der Waals surface area contributed by atoms with Crippen LogP contribution in [0.1, 0.15) is 118 Å². The summed E-state index contributed by atoms with van der Waals surface area (Å²) in [4.78, 5) is 42.3. The van der Waals surface area contributed by atoms with E-state index in [1.165, 1.54) is 51.4 Å². The molecule has 0 saturated heterocycles. The van der Waals surface area contributed by atoms with Crippen LogP contribution in [0.5, 0.6) is 0 Å². The van der Waals surface area contributed by atoms with E-state index in [2.05, 4.69) is 46.0 Å². The lowest BCUT2D eigenvalue weighted by Crippen LogP contribution is -2.51. The number of carbonyl (C=O) groups is 4. The van der Waals surface area contributed by atoms with E-state index in [0.717, 1.165) is 54.8 Å². The Balaban J connectivity index is 0.000000610. The summed E-state index contributed by atoms with van der Waals surface area (Å²) in [6, 6.07) is -0.620.